The zero-order valence-corrected chi connectivity index (χ0v) is 11.6. The molecule has 106 valence electrons. The van der Waals surface area contributed by atoms with Gasteiger partial charge >= 0.3 is 0 Å². The predicted octanol–water partition coefficient (Wildman–Crippen LogP) is 1.12. The number of furan rings is 1. The second-order valence-electron chi connectivity index (χ2n) is 3.99. The molecule has 7 heteroatoms. The molecule has 0 saturated carbocycles. The van der Waals surface area contributed by atoms with Crippen molar-refractivity contribution < 1.29 is 17.6 Å². The Hall–Kier alpha value is -2.12. The lowest BCUT2D eigenvalue weighted by Gasteiger charge is -2.05. The minimum Gasteiger partial charge on any atom is -0.467 e. The first-order chi connectivity index (χ1) is 9.53. The molecule has 0 saturated heterocycles. The lowest BCUT2D eigenvalue weighted by molar-refractivity contribution is 0.0948. The average molecular weight is 294 g/mol. The van der Waals surface area contributed by atoms with Crippen molar-refractivity contribution in [2.75, 3.05) is 7.05 Å². The summed E-state index contributed by atoms with van der Waals surface area (Å²) in [7, 11) is -2.15. The molecule has 0 radical (unpaired) electrons. The maximum atomic E-state index is 11.9. The minimum atomic E-state index is -3.49. The van der Waals surface area contributed by atoms with Crippen LogP contribution in [0.1, 0.15) is 16.1 Å². The number of carbonyl (C=O) groups is 1. The normalized spacial score (nSPS) is 11.2. The summed E-state index contributed by atoms with van der Waals surface area (Å²) in [6.07, 6.45) is 1.53. The Bertz CT molecular complexity index is 676. The number of hydrogen-bond acceptors (Lipinski definition) is 4. The molecule has 6 nitrogen and oxygen atoms in total. The second-order valence-corrected chi connectivity index (χ2v) is 5.88. The predicted molar refractivity (Wildman–Crippen MR) is 72.6 cm³/mol. The number of rotatable bonds is 5. The van der Waals surface area contributed by atoms with Crippen molar-refractivity contribution in [3.8, 4) is 0 Å². The fraction of sp³-hybridized carbons (Fsp3) is 0.154. The van der Waals surface area contributed by atoms with Crippen LogP contribution in [0.3, 0.4) is 0 Å². The highest BCUT2D eigenvalue weighted by Gasteiger charge is 2.12. The summed E-state index contributed by atoms with van der Waals surface area (Å²) in [5.74, 6) is 0.350. The van der Waals surface area contributed by atoms with Crippen LogP contribution >= 0.6 is 0 Å². The molecule has 1 amide bonds. The van der Waals surface area contributed by atoms with Crippen LogP contribution in [0.25, 0.3) is 0 Å². The molecule has 2 aromatic rings. The molecule has 0 fully saturated rings. The van der Waals surface area contributed by atoms with Crippen LogP contribution in [-0.2, 0) is 16.6 Å². The van der Waals surface area contributed by atoms with Gasteiger partial charge < -0.3 is 9.73 Å². The van der Waals surface area contributed by atoms with Gasteiger partial charge in [0, 0.05) is 5.56 Å². The number of benzene rings is 1. The Balaban J connectivity index is 2.04. The molecular weight excluding hydrogens is 280 g/mol. The van der Waals surface area contributed by atoms with Crippen molar-refractivity contribution in [3.63, 3.8) is 0 Å². The van der Waals surface area contributed by atoms with Crippen LogP contribution in [-0.4, -0.2) is 21.4 Å². The molecule has 2 rings (SSSR count). The summed E-state index contributed by atoms with van der Waals surface area (Å²) in [4.78, 5) is 12.0. The van der Waals surface area contributed by atoms with E-state index in [0.717, 1.165) is 0 Å². The fourth-order valence-corrected chi connectivity index (χ4v) is 2.32. The van der Waals surface area contributed by atoms with E-state index in [9.17, 15) is 13.2 Å². The smallest absolute Gasteiger partial charge is 0.251 e. The van der Waals surface area contributed by atoms with Gasteiger partial charge in [-0.15, -0.1) is 0 Å². The maximum Gasteiger partial charge on any atom is 0.251 e. The number of amides is 1. The number of carbonyl (C=O) groups excluding carboxylic acids is 1. The van der Waals surface area contributed by atoms with Crippen molar-refractivity contribution in [1.29, 1.82) is 0 Å². The number of hydrogen-bond donors (Lipinski definition) is 2. The van der Waals surface area contributed by atoms with Crippen LogP contribution in [0.5, 0.6) is 0 Å². The monoisotopic (exact) mass is 294 g/mol. The van der Waals surface area contributed by atoms with E-state index >= 15 is 0 Å². The molecule has 1 aromatic heterocycles. The van der Waals surface area contributed by atoms with Crippen LogP contribution in [0.2, 0.25) is 0 Å². The average Bonchev–Trinajstić information content (AvgIpc) is 2.98. The van der Waals surface area contributed by atoms with Gasteiger partial charge in [0.05, 0.1) is 17.7 Å². The second kappa shape index (κ2) is 5.89. The third-order valence-corrected chi connectivity index (χ3v) is 4.13. The van der Waals surface area contributed by atoms with Gasteiger partial charge in [-0.3, -0.25) is 4.79 Å². The van der Waals surface area contributed by atoms with E-state index in [4.69, 9.17) is 4.42 Å². The van der Waals surface area contributed by atoms with Gasteiger partial charge in [0.25, 0.3) is 5.91 Å². The Labute approximate surface area is 116 Å². The molecule has 1 heterocycles. The zero-order chi connectivity index (χ0) is 14.6. The first kappa shape index (κ1) is 14.3. The van der Waals surface area contributed by atoms with Crippen molar-refractivity contribution in [2.45, 2.75) is 11.4 Å². The van der Waals surface area contributed by atoms with Crippen LogP contribution in [0, 0.1) is 0 Å². The largest absolute Gasteiger partial charge is 0.467 e. The summed E-state index contributed by atoms with van der Waals surface area (Å²) < 4.78 is 30.4. The molecular formula is C13H14N2O4S. The zero-order valence-electron chi connectivity index (χ0n) is 10.8. The van der Waals surface area contributed by atoms with E-state index in [1.54, 1.807) is 12.1 Å². The Morgan fingerprint density at radius 2 is 1.90 bits per heavy atom. The van der Waals surface area contributed by atoms with E-state index < -0.39 is 10.0 Å². The highest BCUT2D eigenvalue weighted by Crippen LogP contribution is 2.10. The highest BCUT2D eigenvalue weighted by atomic mass is 32.2. The van der Waals surface area contributed by atoms with Gasteiger partial charge in [0.15, 0.2) is 0 Å². The van der Waals surface area contributed by atoms with E-state index in [2.05, 4.69) is 10.0 Å². The molecule has 0 spiro atoms. The third-order valence-electron chi connectivity index (χ3n) is 2.70. The van der Waals surface area contributed by atoms with Crippen molar-refractivity contribution in [1.82, 2.24) is 10.0 Å². The lowest BCUT2D eigenvalue weighted by Crippen LogP contribution is -2.23. The van der Waals surface area contributed by atoms with Gasteiger partial charge in [-0.2, -0.15) is 0 Å². The van der Waals surface area contributed by atoms with E-state index in [1.165, 1.54) is 37.6 Å². The first-order valence-corrected chi connectivity index (χ1v) is 7.35. The summed E-state index contributed by atoms with van der Waals surface area (Å²) >= 11 is 0. The van der Waals surface area contributed by atoms with Gasteiger partial charge in [0.1, 0.15) is 5.76 Å². The molecule has 0 atom stereocenters. The van der Waals surface area contributed by atoms with Gasteiger partial charge in [0.2, 0.25) is 10.0 Å². The highest BCUT2D eigenvalue weighted by molar-refractivity contribution is 7.89. The molecule has 1 aromatic carbocycles. The topological polar surface area (TPSA) is 88.4 Å². The van der Waals surface area contributed by atoms with Crippen molar-refractivity contribution >= 4 is 15.9 Å². The number of nitrogens with one attached hydrogen (secondary N) is 2. The SMILES string of the molecule is CNS(=O)(=O)c1ccc(C(=O)NCc2ccco2)cc1. The molecule has 0 aliphatic rings. The maximum absolute atomic E-state index is 11.9. The molecule has 0 aliphatic carbocycles. The third kappa shape index (κ3) is 3.25. The standard InChI is InChI=1S/C13H14N2O4S/c1-14-20(17,18)12-6-4-10(5-7-12)13(16)15-9-11-3-2-8-19-11/h2-8,14H,9H2,1H3,(H,15,16). The Morgan fingerprint density at radius 1 is 1.20 bits per heavy atom. The molecule has 20 heavy (non-hydrogen) atoms. The summed E-state index contributed by atoms with van der Waals surface area (Å²) in [6.45, 7) is 0.280. The minimum absolute atomic E-state index is 0.114. The Morgan fingerprint density at radius 3 is 2.45 bits per heavy atom. The molecule has 0 bridgehead atoms. The van der Waals surface area contributed by atoms with Crippen LogP contribution in [0.4, 0.5) is 0 Å². The van der Waals surface area contributed by atoms with E-state index in [-0.39, 0.29) is 17.3 Å². The van der Waals surface area contributed by atoms with Gasteiger partial charge in [-0.1, -0.05) is 0 Å². The molecule has 0 aliphatic heterocycles. The molecule has 0 unspecified atom stereocenters. The van der Waals surface area contributed by atoms with Crippen molar-refractivity contribution in [2.24, 2.45) is 0 Å². The quantitative estimate of drug-likeness (QED) is 0.865. The summed E-state index contributed by atoms with van der Waals surface area (Å²) in [6, 6.07) is 9.17. The fourth-order valence-electron chi connectivity index (χ4n) is 1.59. The van der Waals surface area contributed by atoms with Crippen LogP contribution < -0.4 is 10.0 Å². The molecule has 2 N–H and O–H groups in total. The van der Waals surface area contributed by atoms with Gasteiger partial charge in [-0.05, 0) is 43.4 Å². The number of sulfonamides is 1. The lowest BCUT2D eigenvalue weighted by atomic mass is 10.2. The van der Waals surface area contributed by atoms with E-state index in [1.807, 2.05) is 0 Å². The van der Waals surface area contributed by atoms with Crippen molar-refractivity contribution in [3.05, 3.63) is 54.0 Å². The first-order valence-electron chi connectivity index (χ1n) is 5.87. The summed E-state index contributed by atoms with van der Waals surface area (Å²) in [5.41, 5.74) is 0.381. The Kier molecular flexibility index (Phi) is 4.21. The van der Waals surface area contributed by atoms with Gasteiger partial charge in [-0.25, -0.2) is 13.1 Å². The summed E-state index contributed by atoms with van der Waals surface area (Å²) in [5, 5.41) is 2.68. The van der Waals surface area contributed by atoms with E-state index in [0.29, 0.717) is 11.3 Å². The van der Waals surface area contributed by atoms with Crippen LogP contribution in [0.15, 0.2) is 52.0 Å².